The predicted octanol–water partition coefficient (Wildman–Crippen LogP) is 4.04. The summed E-state index contributed by atoms with van der Waals surface area (Å²) in [6, 6.07) is 8.89. The molecule has 1 N–H and O–H groups in total. The van der Waals surface area contributed by atoms with E-state index in [0.717, 1.165) is 5.02 Å². The molecule has 0 amide bonds. The quantitative estimate of drug-likeness (QED) is 0.816. The van der Waals surface area contributed by atoms with Crippen LogP contribution in [0.25, 0.3) is 0 Å². The van der Waals surface area contributed by atoms with Crippen LogP contribution in [0.1, 0.15) is 39.3 Å². The van der Waals surface area contributed by atoms with Crippen molar-refractivity contribution in [2.24, 2.45) is 5.92 Å². The molecule has 1 aromatic carbocycles. The molecule has 0 fully saturated rings. The van der Waals surface area contributed by atoms with Gasteiger partial charge >= 0.3 is 0 Å². The van der Waals surface area contributed by atoms with Crippen molar-refractivity contribution >= 4 is 11.6 Å². The third-order valence-corrected chi connectivity index (χ3v) is 3.10. The Balaban J connectivity index is 2.64. The van der Waals surface area contributed by atoms with Crippen LogP contribution in [0.3, 0.4) is 0 Å². The van der Waals surface area contributed by atoms with E-state index >= 15 is 0 Å². The first kappa shape index (κ1) is 12.5. The van der Waals surface area contributed by atoms with Gasteiger partial charge in [-0.3, -0.25) is 0 Å². The maximum Gasteiger partial charge on any atom is 0.0409 e. The van der Waals surface area contributed by atoms with E-state index in [1.807, 2.05) is 18.2 Å². The largest absolute Gasteiger partial charge is 0.307 e. The lowest BCUT2D eigenvalue weighted by molar-refractivity contribution is 0.389. The maximum atomic E-state index is 5.96. The molecule has 0 heterocycles. The van der Waals surface area contributed by atoms with E-state index in [1.54, 1.807) is 0 Å². The second-order valence-corrected chi connectivity index (χ2v) is 4.91. The minimum Gasteiger partial charge on any atom is -0.307 e. The molecular formula is C13H20ClN. The summed E-state index contributed by atoms with van der Waals surface area (Å²) in [6.07, 6.45) is 0. The molecule has 1 nitrogen and oxygen atoms in total. The van der Waals surface area contributed by atoms with E-state index in [1.165, 1.54) is 5.56 Å². The topological polar surface area (TPSA) is 12.0 Å². The lowest BCUT2D eigenvalue weighted by atomic mass is 10.0. The van der Waals surface area contributed by atoms with Crippen LogP contribution in [0.2, 0.25) is 5.02 Å². The molecule has 0 aliphatic rings. The number of halogens is 1. The van der Waals surface area contributed by atoms with Gasteiger partial charge in [0.25, 0.3) is 0 Å². The van der Waals surface area contributed by atoms with Crippen molar-refractivity contribution in [2.45, 2.75) is 39.8 Å². The fraction of sp³-hybridized carbons (Fsp3) is 0.538. The summed E-state index contributed by atoms with van der Waals surface area (Å²) in [5.74, 6) is 0.645. The first-order valence-electron chi connectivity index (χ1n) is 5.52. The van der Waals surface area contributed by atoms with Gasteiger partial charge in [0, 0.05) is 17.1 Å². The Bertz CT molecular complexity index is 309. The van der Waals surface area contributed by atoms with E-state index in [9.17, 15) is 0 Å². The summed E-state index contributed by atoms with van der Waals surface area (Å²) in [7, 11) is 0. The number of hydrogen-bond donors (Lipinski definition) is 1. The zero-order chi connectivity index (χ0) is 11.4. The van der Waals surface area contributed by atoms with Gasteiger partial charge in [0.15, 0.2) is 0 Å². The van der Waals surface area contributed by atoms with Crippen LogP contribution in [0, 0.1) is 5.92 Å². The Kier molecular flexibility index (Phi) is 4.62. The lowest BCUT2D eigenvalue weighted by Gasteiger charge is -2.23. The molecule has 1 unspecified atom stereocenters. The average molecular weight is 226 g/mol. The van der Waals surface area contributed by atoms with Gasteiger partial charge < -0.3 is 5.32 Å². The van der Waals surface area contributed by atoms with Crippen LogP contribution in [0.15, 0.2) is 24.3 Å². The van der Waals surface area contributed by atoms with Crippen molar-refractivity contribution in [3.05, 3.63) is 34.9 Å². The minimum atomic E-state index is 0.348. The van der Waals surface area contributed by atoms with Crippen molar-refractivity contribution in [1.29, 1.82) is 0 Å². The van der Waals surface area contributed by atoms with Gasteiger partial charge in [-0.1, -0.05) is 37.6 Å². The molecule has 0 bridgehead atoms. The molecular weight excluding hydrogens is 206 g/mol. The second kappa shape index (κ2) is 5.53. The van der Waals surface area contributed by atoms with Crippen LogP contribution in [-0.4, -0.2) is 6.04 Å². The standard InChI is InChI=1S/C13H20ClN/c1-9(2)10(3)15-11(4)12-6-5-7-13(14)8-12/h5-11,15H,1-4H3/t10?,11-/m1/s1. The fourth-order valence-electron chi connectivity index (χ4n) is 1.46. The van der Waals surface area contributed by atoms with Crippen LogP contribution >= 0.6 is 11.6 Å². The van der Waals surface area contributed by atoms with Gasteiger partial charge in [0.05, 0.1) is 0 Å². The first-order valence-corrected chi connectivity index (χ1v) is 5.90. The molecule has 2 heteroatoms. The summed E-state index contributed by atoms with van der Waals surface area (Å²) < 4.78 is 0. The second-order valence-electron chi connectivity index (χ2n) is 4.48. The Labute approximate surface area is 97.8 Å². The van der Waals surface area contributed by atoms with E-state index in [2.05, 4.69) is 39.1 Å². The Morgan fingerprint density at radius 2 is 1.80 bits per heavy atom. The zero-order valence-corrected chi connectivity index (χ0v) is 10.7. The minimum absolute atomic E-state index is 0.348. The molecule has 15 heavy (non-hydrogen) atoms. The molecule has 1 rings (SSSR count). The third kappa shape index (κ3) is 3.84. The van der Waals surface area contributed by atoms with Crippen molar-refractivity contribution in [3.63, 3.8) is 0 Å². The summed E-state index contributed by atoms with van der Waals surface area (Å²) in [6.45, 7) is 8.83. The third-order valence-electron chi connectivity index (χ3n) is 2.86. The highest BCUT2D eigenvalue weighted by Gasteiger charge is 2.11. The van der Waals surface area contributed by atoms with Gasteiger partial charge in [-0.2, -0.15) is 0 Å². The fourth-order valence-corrected chi connectivity index (χ4v) is 1.66. The van der Waals surface area contributed by atoms with E-state index in [-0.39, 0.29) is 0 Å². The van der Waals surface area contributed by atoms with E-state index < -0.39 is 0 Å². The summed E-state index contributed by atoms with van der Waals surface area (Å²) in [5.41, 5.74) is 1.25. The molecule has 0 radical (unpaired) electrons. The zero-order valence-electron chi connectivity index (χ0n) is 9.92. The molecule has 1 aromatic rings. The summed E-state index contributed by atoms with van der Waals surface area (Å²) in [4.78, 5) is 0. The van der Waals surface area contributed by atoms with Gasteiger partial charge in [-0.05, 0) is 37.5 Å². The summed E-state index contributed by atoms with van der Waals surface area (Å²) in [5, 5.41) is 4.37. The Morgan fingerprint density at radius 3 is 2.33 bits per heavy atom. The highest BCUT2D eigenvalue weighted by Crippen LogP contribution is 2.18. The normalized spacial score (nSPS) is 15.3. The van der Waals surface area contributed by atoms with Gasteiger partial charge in [0.1, 0.15) is 0 Å². The Morgan fingerprint density at radius 1 is 1.13 bits per heavy atom. The molecule has 84 valence electrons. The van der Waals surface area contributed by atoms with Crippen molar-refractivity contribution in [1.82, 2.24) is 5.32 Å². The van der Waals surface area contributed by atoms with Crippen LogP contribution in [0.5, 0.6) is 0 Å². The van der Waals surface area contributed by atoms with Gasteiger partial charge in [-0.25, -0.2) is 0 Å². The molecule has 0 aliphatic carbocycles. The molecule has 0 saturated heterocycles. The molecule has 0 spiro atoms. The predicted molar refractivity (Wildman–Crippen MR) is 67.3 cm³/mol. The molecule has 0 aromatic heterocycles. The SMILES string of the molecule is CC(C)C(C)N[C@H](C)c1cccc(Cl)c1. The van der Waals surface area contributed by atoms with E-state index in [0.29, 0.717) is 18.0 Å². The number of hydrogen-bond acceptors (Lipinski definition) is 1. The Hall–Kier alpha value is -0.530. The van der Waals surface area contributed by atoms with Crippen LogP contribution in [0.4, 0.5) is 0 Å². The van der Waals surface area contributed by atoms with E-state index in [4.69, 9.17) is 11.6 Å². The highest BCUT2D eigenvalue weighted by atomic mass is 35.5. The highest BCUT2D eigenvalue weighted by molar-refractivity contribution is 6.30. The monoisotopic (exact) mass is 225 g/mol. The number of rotatable bonds is 4. The van der Waals surface area contributed by atoms with Crippen molar-refractivity contribution in [3.8, 4) is 0 Å². The summed E-state index contributed by atoms with van der Waals surface area (Å²) >= 11 is 5.96. The molecule has 0 saturated carbocycles. The number of nitrogens with one attached hydrogen (secondary N) is 1. The maximum absolute atomic E-state index is 5.96. The smallest absolute Gasteiger partial charge is 0.0409 e. The van der Waals surface area contributed by atoms with Crippen molar-refractivity contribution in [2.75, 3.05) is 0 Å². The van der Waals surface area contributed by atoms with Crippen LogP contribution < -0.4 is 5.32 Å². The first-order chi connectivity index (χ1) is 7.00. The average Bonchev–Trinajstić information content (AvgIpc) is 2.17. The molecule has 0 aliphatic heterocycles. The molecule has 2 atom stereocenters. The lowest BCUT2D eigenvalue weighted by Crippen LogP contribution is -2.32. The van der Waals surface area contributed by atoms with Crippen molar-refractivity contribution < 1.29 is 0 Å². The van der Waals surface area contributed by atoms with Gasteiger partial charge in [0.2, 0.25) is 0 Å². The number of benzene rings is 1. The van der Waals surface area contributed by atoms with Crippen LogP contribution in [-0.2, 0) is 0 Å². The van der Waals surface area contributed by atoms with Gasteiger partial charge in [-0.15, -0.1) is 0 Å².